The summed E-state index contributed by atoms with van der Waals surface area (Å²) in [5.41, 5.74) is 0.736. The van der Waals surface area contributed by atoms with Crippen LogP contribution in [0.4, 0.5) is 4.79 Å². The van der Waals surface area contributed by atoms with E-state index in [2.05, 4.69) is 27.3 Å². The lowest BCUT2D eigenvalue weighted by Crippen LogP contribution is -2.54. The fourth-order valence-electron chi connectivity index (χ4n) is 5.65. The summed E-state index contributed by atoms with van der Waals surface area (Å²) >= 11 is 0. The van der Waals surface area contributed by atoms with Crippen molar-refractivity contribution in [2.45, 2.75) is 50.8 Å². The number of carbonyl (C=O) groups is 2. The van der Waals surface area contributed by atoms with E-state index >= 15 is 0 Å². The van der Waals surface area contributed by atoms with Crippen molar-refractivity contribution in [2.75, 3.05) is 32.8 Å². The first kappa shape index (κ1) is 23.8. The van der Waals surface area contributed by atoms with Gasteiger partial charge < -0.3 is 14.8 Å². The van der Waals surface area contributed by atoms with Crippen LogP contribution in [0.2, 0.25) is 0 Å². The van der Waals surface area contributed by atoms with E-state index in [1.165, 1.54) is 10.5 Å². The number of rotatable bonds is 8. The summed E-state index contributed by atoms with van der Waals surface area (Å²) in [4.78, 5) is 35.3. The fourth-order valence-corrected chi connectivity index (χ4v) is 5.65. The molecule has 3 saturated heterocycles. The van der Waals surface area contributed by atoms with Crippen LogP contribution in [0.1, 0.15) is 43.9 Å². The normalized spacial score (nSPS) is 25.7. The molecule has 3 aliphatic heterocycles. The molecule has 2 atom stereocenters. The van der Waals surface area contributed by atoms with Gasteiger partial charge in [0, 0.05) is 19.3 Å². The molecule has 0 spiro atoms. The van der Waals surface area contributed by atoms with E-state index in [9.17, 15) is 9.59 Å². The molecule has 3 aliphatic rings. The molecule has 3 amide bonds. The smallest absolute Gasteiger partial charge is 0.325 e. The predicted octanol–water partition coefficient (Wildman–Crippen LogP) is 3.32. The van der Waals surface area contributed by atoms with Gasteiger partial charge in [-0.25, -0.2) is 4.79 Å². The number of carbonyl (C=O) groups excluding carboxylic acids is 2. The molecule has 0 saturated carbocycles. The minimum absolute atomic E-state index is 0.0278. The molecule has 3 fully saturated rings. The van der Waals surface area contributed by atoms with Crippen LogP contribution in [0.15, 0.2) is 48.7 Å². The highest BCUT2D eigenvalue weighted by Crippen LogP contribution is 2.41. The maximum Gasteiger partial charge on any atom is 0.325 e. The second-order valence-corrected chi connectivity index (χ2v) is 9.63. The highest BCUT2D eigenvalue weighted by Gasteiger charge is 2.58. The average Bonchev–Trinajstić information content (AvgIpc) is 3.49. The molecule has 4 heterocycles. The minimum atomic E-state index is -1.12. The zero-order chi connectivity index (χ0) is 24.3. The zero-order valence-corrected chi connectivity index (χ0v) is 20.3. The summed E-state index contributed by atoms with van der Waals surface area (Å²) in [6.45, 7) is 6.17. The van der Waals surface area contributed by atoms with Gasteiger partial charge >= 0.3 is 6.03 Å². The van der Waals surface area contributed by atoms with Gasteiger partial charge in [0.25, 0.3) is 5.91 Å². The number of hydrogen-bond acceptors (Lipinski definition) is 6. The van der Waals surface area contributed by atoms with Crippen molar-refractivity contribution in [1.29, 1.82) is 0 Å². The number of piperidine rings is 1. The lowest BCUT2D eigenvalue weighted by molar-refractivity contribution is -0.135. The van der Waals surface area contributed by atoms with Crippen molar-refractivity contribution in [3.05, 3.63) is 59.9 Å². The molecule has 0 aliphatic carbocycles. The number of nitrogens with zero attached hydrogens (tertiary/aromatic N) is 3. The fraction of sp³-hybridized carbons (Fsp3) is 0.519. The molecule has 0 unspecified atom stereocenters. The van der Waals surface area contributed by atoms with Crippen LogP contribution in [-0.2, 0) is 21.6 Å². The van der Waals surface area contributed by atoms with Gasteiger partial charge in [-0.2, -0.15) is 0 Å². The topological polar surface area (TPSA) is 84.0 Å². The number of urea groups is 1. The molecule has 35 heavy (non-hydrogen) atoms. The lowest BCUT2D eigenvalue weighted by atomic mass is 9.75. The first-order chi connectivity index (χ1) is 17.1. The van der Waals surface area contributed by atoms with Gasteiger partial charge in [-0.15, -0.1) is 0 Å². The first-order valence-electron chi connectivity index (χ1n) is 12.7. The van der Waals surface area contributed by atoms with Gasteiger partial charge in [0.15, 0.2) is 5.54 Å². The van der Waals surface area contributed by atoms with E-state index in [1.807, 2.05) is 37.3 Å². The van der Waals surface area contributed by atoms with E-state index in [-0.39, 0.29) is 24.0 Å². The highest BCUT2D eigenvalue weighted by atomic mass is 16.5. The van der Waals surface area contributed by atoms with Gasteiger partial charge in [-0.05, 0) is 81.4 Å². The molecule has 0 radical (unpaired) electrons. The highest BCUT2D eigenvalue weighted by molar-refractivity contribution is 6.07. The zero-order valence-electron chi connectivity index (χ0n) is 20.3. The number of nitrogens with one attached hydrogen (secondary N) is 1. The van der Waals surface area contributed by atoms with Crippen LogP contribution in [0, 0.1) is 5.92 Å². The Morgan fingerprint density at radius 2 is 1.91 bits per heavy atom. The van der Waals surface area contributed by atoms with Gasteiger partial charge in [0.05, 0.1) is 24.9 Å². The van der Waals surface area contributed by atoms with Crippen molar-refractivity contribution >= 4 is 11.9 Å². The number of likely N-dealkylation sites (tertiary alicyclic amines) is 1. The number of imide groups is 1. The monoisotopic (exact) mass is 478 g/mol. The van der Waals surface area contributed by atoms with Crippen LogP contribution in [0.5, 0.6) is 5.75 Å². The van der Waals surface area contributed by atoms with E-state index in [0.29, 0.717) is 25.5 Å². The molecule has 0 bridgehead atoms. The number of pyridine rings is 1. The van der Waals surface area contributed by atoms with Crippen molar-refractivity contribution in [1.82, 2.24) is 20.1 Å². The van der Waals surface area contributed by atoms with Crippen LogP contribution in [0.25, 0.3) is 0 Å². The second-order valence-electron chi connectivity index (χ2n) is 9.63. The lowest BCUT2D eigenvalue weighted by Gasteiger charge is -2.40. The number of benzene rings is 1. The number of amides is 3. The Morgan fingerprint density at radius 3 is 2.57 bits per heavy atom. The Bertz CT molecular complexity index is 1020. The molecule has 5 rings (SSSR count). The summed E-state index contributed by atoms with van der Waals surface area (Å²) in [5.74, 6) is 0.664. The number of aromatic nitrogens is 1. The summed E-state index contributed by atoms with van der Waals surface area (Å²) < 4.78 is 11.3. The standard InChI is InChI=1S/C27H34N4O4/c1-2-34-22-10-8-20(9-11-22)18-30-15-12-21(13-16-30)27(24-7-3-4-14-28-24)25(32)31(26(33)29-27)19-23-6-5-17-35-23/h3-4,7-11,14,21,23H,2,5-6,12-13,15-19H2,1H3,(H,29,33)/t23-,27+/m1/s1. The quantitative estimate of drug-likeness (QED) is 0.586. The molecule has 186 valence electrons. The number of hydrogen-bond donors (Lipinski definition) is 1. The van der Waals surface area contributed by atoms with Gasteiger partial charge in [-0.3, -0.25) is 19.6 Å². The Kier molecular flexibility index (Phi) is 7.02. The van der Waals surface area contributed by atoms with Crippen molar-refractivity contribution in [2.24, 2.45) is 5.92 Å². The van der Waals surface area contributed by atoms with Crippen LogP contribution in [-0.4, -0.2) is 65.7 Å². The maximum absolute atomic E-state index is 13.9. The third kappa shape index (κ3) is 4.77. The largest absolute Gasteiger partial charge is 0.494 e. The Morgan fingerprint density at radius 1 is 1.11 bits per heavy atom. The van der Waals surface area contributed by atoms with Gasteiger partial charge in [-0.1, -0.05) is 18.2 Å². The SMILES string of the molecule is CCOc1ccc(CN2CCC([C@@]3(c4ccccn4)NC(=O)N(C[C@H]4CCCO4)C3=O)CC2)cc1. The third-order valence-electron chi connectivity index (χ3n) is 7.45. The van der Waals surface area contributed by atoms with E-state index in [1.54, 1.807) is 6.20 Å². The van der Waals surface area contributed by atoms with Crippen molar-refractivity contribution in [3.63, 3.8) is 0 Å². The van der Waals surface area contributed by atoms with Gasteiger partial charge in [0.1, 0.15) is 5.75 Å². The van der Waals surface area contributed by atoms with E-state index < -0.39 is 5.54 Å². The molecular weight excluding hydrogens is 444 g/mol. The van der Waals surface area contributed by atoms with Crippen molar-refractivity contribution < 1.29 is 19.1 Å². The second kappa shape index (κ2) is 10.3. The van der Waals surface area contributed by atoms with Crippen molar-refractivity contribution in [3.8, 4) is 5.75 Å². The van der Waals surface area contributed by atoms with Gasteiger partial charge in [0.2, 0.25) is 0 Å². The molecule has 2 aromatic rings. The third-order valence-corrected chi connectivity index (χ3v) is 7.45. The molecule has 1 aromatic carbocycles. The Hall–Kier alpha value is -2.97. The molecular formula is C27H34N4O4. The molecule has 1 N–H and O–H groups in total. The summed E-state index contributed by atoms with van der Waals surface area (Å²) in [5, 5.41) is 3.10. The summed E-state index contributed by atoms with van der Waals surface area (Å²) in [7, 11) is 0. The Balaban J connectivity index is 1.31. The summed E-state index contributed by atoms with van der Waals surface area (Å²) in [6.07, 6.45) is 5.05. The summed E-state index contributed by atoms with van der Waals surface area (Å²) in [6, 6.07) is 13.5. The van der Waals surface area contributed by atoms with Crippen LogP contribution in [0.3, 0.4) is 0 Å². The first-order valence-corrected chi connectivity index (χ1v) is 12.7. The average molecular weight is 479 g/mol. The molecule has 8 nitrogen and oxygen atoms in total. The maximum atomic E-state index is 13.9. The van der Waals surface area contributed by atoms with Crippen LogP contribution >= 0.6 is 0 Å². The molecule has 8 heteroatoms. The molecule has 1 aromatic heterocycles. The van der Waals surface area contributed by atoms with E-state index in [0.717, 1.165) is 51.1 Å². The minimum Gasteiger partial charge on any atom is -0.494 e. The predicted molar refractivity (Wildman–Crippen MR) is 131 cm³/mol. The van der Waals surface area contributed by atoms with E-state index in [4.69, 9.17) is 9.47 Å². The Labute approximate surface area is 206 Å². The van der Waals surface area contributed by atoms with Crippen LogP contribution < -0.4 is 10.1 Å². The number of ether oxygens (including phenoxy) is 2.